The molecule has 3 N–H and O–H groups in total. The summed E-state index contributed by atoms with van der Waals surface area (Å²) in [6.07, 6.45) is 4.57. The highest BCUT2D eigenvalue weighted by Gasteiger charge is 2.54. The molecule has 0 aromatic heterocycles. The highest BCUT2D eigenvalue weighted by Crippen LogP contribution is 2.54. The molecule has 0 amide bonds. The summed E-state index contributed by atoms with van der Waals surface area (Å²) in [5, 5.41) is 28.9. The lowest BCUT2D eigenvalue weighted by Crippen LogP contribution is -2.57. The zero-order valence-electron chi connectivity index (χ0n) is 13.9. The van der Waals surface area contributed by atoms with Gasteiger partial charge in [0, 0.05) is 11.6 Å². The number of nitrogens with one attached hydrogen (secondary N) is 1. The molecular weight excluding hydrogens is 286 g/mol. The first kappa shape index (κ1) is 16.2. The Bertz CT molecular complexity index is 687. The summed E-state index contributed by atoms with van der Waals surface area (Å²) >= 11 is 0. The van der Waals surface area contributed by atoms with Crippen LogP contribution in [0.25, 0.3) is 0 Å². The van der Waals surface area contributed by atoms with Crippen molar-refractivity contribution in [3.05, 3.63) is 34.9 Å². The molecule has 3 nitrogen and oxygen atoms in total. The third-order valence-electron chi connectivity index (χ3n) is 6.01. The van der Waals surface area contributed by atoms with Crippen molar-refractivity contribution in [3.8, 4) is 11.8 Å². The largest absolute Gasteiger partial charge is 0.389 e. The third kappa shape index (κ3) is 2.41. The quantitative estimate of drug-likeness (QED) is 0.581. The maximum atomic E-state index is 10.8. The minimum absolute atomic E-state index is 0.0881. The minimum Gasteiger partial charge on any atom is -0.389 e. The number of hydrogen-bond acceptors (Lipinski definition) is 3. The lowest BCUT2D eigenvalue weighted by Gasteiger charge is -2.53. The first-order valence-electron chi connectivity index (χ1n) is 8.47. The van der Waals surface area contributed by atoms with Crippen molar-refractivity contribution in [1.82, 2.24) is 0 Å². The molecule has 3 heteroatoms. The minimum atomic E-state index is -1.27. The first-order valence-corrected chi connectivity index (χ1v) is 8.47. The summed E-state index contributed by atoms with van der Waals surface area (Å²) in [4.78, 5) is 0. The standard InChI is InChI=1S/C20H25NO2/c1-3-9-20(23)11-16-7-6-15-10-14(13-21)5-8-17(15)19(16,4-2)12-18(20)22/h5,8,10,13,16,18,21-23H,4,6-7,11-12H2,1-2H3/t16-,18+,19-,20?/m1/s1. The molecule has 0 spiro atoms. The Balaban J connectivity index is 2.07. The molecule has 4 atom stereocenters. The molecule has 2 aliphatic rings. The van der Waals surface area contributed by atoms with Crippen molar-refractivity contribution in [2.75, 3.05) is 0 Å². The molecule has 0 radical (unpaired) electrons. The smallest absolute Gasteiger partial charge is 0.151 e. The van der Waals surface area contributed by atoms with Crippen molar-refractivity contribution in [2.45, 2.75) is 63.1 Å². The van der Waals surface area contributed by atoms with Gasteiger partial charge >= 0.3 is 0 Å². The second-order valence-corrected chi connectivity index (χ2v) is 7.03. The van der Waals surface area contributed by atoms with Crippen LogP contribution in [-0.2, 0) is 11.8 Å². The Kier molecular flexibility index (Phi) is 4.08. The lowest BCUT2D eigenvalue weighted by atomic mass is 9.52. The predicted molar refractivity (Wildman–Crippen MR) is 91.7 cm³/mol. The molecule has 0 heterocycles. The molecule has 3 rings (SSSR count). The second kappa shape index (κ2) is 5.78. The molecule has 23 heavy (non-hydrogen) atoms. The maximum Gasteiger partial charge on any atom is 0.151 e. The average Bonchev–Trinajstić information content (AvgIpc) is 2.55. The normalized spacial score (nSPS) is 35.5. The fraction of sp³-hybridized carbons (Fsp3) is 0.550. The van der Waals surface area contributed by atoms with Gasteiger partial charge in [-0.2, -0.15) is 0 Å². The lowest BCUT2D eigenvalue weighted by molar-refractivity contribution is -0.106. The molecule has 0 saturated heterocycles. The van der Waals surface area contributed by atoms with Gasteiger partial charge in [-0.05, 0) is 67.7 Å². The van der Waals surface area contributed by atoms with Crippen LogP contribution in [0.3, 0.4) is 0 Å². The van der Waals surface area contributed by atoms with E-state index in [0.717, 1.165) is 24.8 Å². The molecule has 1 saturated carbocycles. The Morgan fingerprint density at radius 1 is 1.39 bits per heavy atom. The van der Waals surface area contributed by atoms with E-state index in [2.05, 4.69) is 30.9 Å². The van der Waals surface area contributed by atoms with Crippen LogP contribution in [0, 0.1) is 23.2 Å². The summed E-state index contributed by atoms with van der Waals surface area (Å²) in [6, 6.07) is 6.23. The van der Waals surface area contributed by atoms with Gasteiger partial charge in [-0.15, -0.1) is 5.92 Å². The topological polar surface area (TPSA) is 64.3 Å². The van der Waals surface area contributed by atoms with Crippen molar-refractivity contribution in [3.63, 3.8) is 0 Å². The maximum absolute atomic E-state index is 10.8. The summed E-state index contributed by atoms with van der Waals surface area (Å²) < 4.78 is 0. The Morgan fingerprint density at radius 3 is 2.83 bits per heavy atom. The Labute approximate surface area is 138 Å². The Hall–Kier alpha value is -1.63. The van der Waals surface area contributed by atoms with Crippen molar-refractivity contribution >= 4 is 6.21 Å². The van der Waals surface area contributed by atoms with Gasteiger partial charge in [0.25, 0.3) is 0 Å². The zero-order chi connectivity index (χ0) is 16.7. The average molecular weight is 311 g/mol. The third-order valence-corrected chi connectivity index (χ3v) is 6.01. The van der Waals surface area contributed by atoms with Gasteiger partial charge in [0.15, 0.2) is 5.60 Å². The van der Waals surface area contributed by atoms with Gasteiger partial charge in [0.1, 0.15) is 0 Å². The van der Waals surface area contributed by atoms with Gasteiger partial charge < -0.3 is 15.6 Å². The van der Waals surface area contributed by atoms with E-state index >= 15 is 0 Å². The molecule has 1 aromatic carbocycles. The predicted octanol–water partition coefficient (Wildman–Crippen LogP) is 2.80. The molecule has 1 unspecified atom stereocenters. The van der Waals surface area contributed by atoms with E-state index in [1.54, 1.807) is 6.92 Å². The number of rotatable bonds is 2. The molecule has 122 valence electrons. The number of aliphatic hydroxyl groups is 2. The Morgan fingerprint density at radius 2 is 2.17 bits per heavy atom. The fourth-order valence-electron chi connectivity index (χ4n) is 4.80. The van der Waals surface area contributed by atoms with Gasteiger partial charge in [-0.25, -0.2) is 0 Å². The highest BCUT2D eigenvalue weighted by molar-refractivity contribution is 5.77. The van der Waals surface area contributed by atoms with Crippen LogP contribution >= 0.6 is 0 Å². The van der Waals surface area contributed by atoms with Gasteiger partial charge in [-0.1, -0.05) is 25.0 Å². The molecule has 1 aromatic rings. The van der Waals surface area contributed by atoms with E-state index in [9.17, 15) is 10.2 Å². The fourth-order valence-corrected chi connectivity index (χ4v) is 4.80. The zero-order valence-corrected chi connectivity index (χ0v) is 13.9. The van der Waals surface area contributed by atoms with Crippen LogP contribution in [0.4, 0.5) is 0 Å². The first-order chi connectivity index (χ1) is 11.0. The van der Waals surface area contributed by atoms with Crippen LogP contribution in [0.15, 0.2) is 18.2 Å². The van der Waals surface area contributed by atoms with Crippen LogP contribution in [0.2, 0.25) is 0 Å². The number of hydrogen-bond donors (Lipinski definition) is 3. The summed E-state index contributed by atoms with van der Waals surface area (Å²) in [5.41, 5.74) is 2.16. The van der Waals surface area contributed by atoms with E-state index in [-0.39, 0.29) is 5.41 Å². The van der Waals surface area contributed by atoms with Crippen LogP contribution in [-0.4, -0.2) is 28.1 Å². The van der Waals surface area contributed by atoms with E-state index in [1.807, 2.05) is 6.07 Å². The van der Waals surface area contributed by atoms with E-state index in [1.165, 1.54) is 17.3 Å². The highest BCUT2D eigenvalue weighted by atomic mass is 16.3. The molecule has 1 fully saturated rings. The van der Waals surface area contributed by atoms with Crippen molar-refractivity contribution in [2.24, 2.45) is 5.92 Å². The van der Waals surface area contributed by atoms with Gasteiger partial charge in [0.2, 0.25) is 0 Å². The molecule has 0 aliphatic heterocycles. The van der Waals surface area contributed by atoms with E-state index < -0.39 is 11.7 Å². The summed E-state index contributed by atoms with van der Waals surface area (Å²) in [7, 11) is 0. The van der Waals surface area contributed by atoms with Gasteiger partial charge in [0.05, 0.1) is 6.10 Å². The number of aliphatic hydroxyl groups excluding tert-OH is 1. The molecule has 0 bridgehead atoms. The van der Waals surface area contributed by atoms with E-state index in [4.69, 9.17) is 5.41 Å². The number of fused-ring (bicyclic) bond motifs is 3. The van der Waals surface area contributed by atoms with Crippen molar-refractivity contribution in [1.29, 1.82) is 5.41 Å². The number of benzene rings is 1. The SMILES string of the molecule is CC#CC1(O)C[C@H]2CCc3cc(C=N)ccc3[C@]2(CC)C[C@@H]1O. The monoisotopic (exact) mass is 311 g/mol. The molecular formula is C20H25NO2. The van der Waals surface area contributed by atoms with Crippen molar-refractivity contribution < 1.29 is 10.2 Å². The van der Waals surface area contributed by atoms with Crippen LogP contribution < -0.4 is 0 Å². The number of aryl methyl sites for hydroxylation is 1. The molecule has 2 aliphatic carbocycles. The van der Waals surface area contributed by atoms with E-state index in [0.29, 0.717) is 18.8 Å². The second-order valence-electron chi connectivity index (χ2n) is 7.03. The van der Waals surface area contributed by atoms with Gasteiger partial charge in [-0.3, -0.25) is 0 Å². The summed E-state index contributed by atoms with van der Waals surface area (Å²) in [5.74, 6) is 5.97. The van der Waals surface area contributed by atoms with Crippen LogP contribution in [0.1, 0.15) is 56.2 Å². The summed E-state index contributed by atoms with van der Waals surface area (Å²) in [6.45, 7) is 3.89. The van der Waals surface area contributed by atoms with Crippen LogP contribution in [0.5, 0.6) is 0 Å².